The fourth-order valence-corrected chi connectivity index (χ4v) is 4.01. The molecule has 2 aromatic heterocycles. The van der Waals surface area contributed by atoms with E-state index in [1.807, 2.05) is 36.5 Å². The van der Waals surface area contributed by atoms with E-state index in [0.29, 0.717) is 12.1 Å². The van der Waals surface area contributed by atoms with Crippen molar-refractivity contribution in [3.63, 3.8) is 0 Å². The van der Waals surface area contributed by atoms with E-state index in [9.17, 15) is 9.59 Å². The van der Waals surface area contributed by atoms with E-state index in [4.69, 9.17) is 10.5 Å². The van der Waals surface area contributed by atoms with Gasteiger partial charge in [-0.25, -0.2) is 9.78 Å². The van der Waals surface area contributed by atoms with Gasteiger partial charge in [-0.05, 0) is 43.5 Å². The maximum Gasteiger partial charge on any atom is 0.411 e. The number of nitrogens with two attached hydrogens (primary N) is 1. The maximum absolute atomic E-state index is 12.6. The predicted octanol–water partition coefficient (Wildman–Crippen LogP) is 3.04. The smallest absolute Gasteiger partial charge is 0.411 e. The number of piperidine rings is 1. The van der Waals surface area contributed by atoms with Crippen LogP contribution in [0.15, 0.2) is 42.6 Å². The number of aromatic nitrogens is 2. The third-order valence-corrected chi connectivity index (χ3v) is 5.63. The Morgan fingerprint density at radius 3 is 2.75 bits per heavy atom. The molecule has 0 bridgehead atoms. The average Bonchev–Trinajstić information content (AvgIpc) is 3.18. The summed E-state index contributed by atoms with van der Waals surface area (Å²) in [6.07, 6.45) is 3.35. The van der Waals surface area contributed by atoms with E-state index < -0.39 is 6.09 Å². The lowest BCUT2D eigenvalue weighted by Crippen LogP contribution is -2.45. The molecule has 0 atom stereocenters. The van der Waals surface area contributed by atoms with Crippen molar-refractivity contribution < 1.29 is 14.3 Å². The van der Waals surface area contributed by atoms with Crippen molar-refractivity contribution in [2.45, 2.75) is 32.2 Å². The summed E-state index contributed by atoms with van der Waals surface area (Å²) < 4.78 is 4.86. The molecule has 1 aliphatic rings. The summed E-state index contributed by atoms with van der Waals surface area (Å²) in [5, 5.41) is 6.83. The van der Waals surface area contributed by atoms with Crippen LogP contribution in [0.1, 0.15) is 25.3 Å². The van der Waals surface area contributed by atoms with Gasteiger partial charge in [-0.1, -0.05) is 18.2 Å². The molecule has 32 heavy (non-hydrogen) atoms. The van der Waals surface area contributed by atoms with Crippen LogP contribution in [-0.2, 0) is 16.0 Å². The molecule has 1 saturated heterocycles. The molecule has 3 heterocycles. The number of rotatable bonds is 6. The minimum absolute atomic E-state index is 0.0324. The number of nitrogen functional groups attached to an aromatic ring is 1. The van der Waals surface area contributed by atoms with Gasteiger partial charge in [0.1, 0.15) is 11.6 Å². The molecule has 0 saturated carbocycles. The number of hydrogen-bond acceptors (Lipinski definition) is 6. The highest BCUT2D eigenvalue weighted by Gasteiger charge is 2.22. The molecular weight excluding hydrogens is 408 g/mol. The minimum atomic E-state index is -0.557. The third-order valence-electron chi connectivity index (χ3n) is 5.63. The van der Waals surface area contributed by atoms with E-state index in [2.05, 4.69) is 25.5 Å². The molecule has 168 valence electrons. The second kappa shape index (κ2) is 9.59. The predicted molar refractivity (Wildman–Crippen MR) is 125 cm³/mol. The first kappa shape index (κ1) is 21.5. The number of aromatic amines is 1. The topological polar surface area (TPSA) is 125 Å². The summed E-state index contributed by atoms with van der Waals surface area (Å²) in [6.45, 7) is 3.54. The first-order valence-electron chi connectivity index (χ1n) is 10.8. The minimum Gasteiger partial charge on any atom is -0.450 e. The normalized spacial score (nSPS) is 14.3. The van der Waals surface area contributed by atoms with Gasteiger partial charge < -0.3 is 25.7 Å². The number of amides is 2. The number of anilines is 3. The fourth-order valence-electron chi connectivity index (χ4n) is 4.01. The van der Waals surface area contributed by atoms with Crippen molar-refractivity contribution in [2.24, 2.45) is 0 Å². The van der Waals surface area contributed by atoms with Gasteiger partial charge in [0.25, 0.3) is 0 Å². The van der Waals surface area contributed by atoms with Gasteiger partial charge in [-0.2, -0.15) is 0 Å². The van der Waals surface area contributed by atoms with Crippen molar-refractivity contribution >= 4 is 40.2 Å². The van der Waals surface area contributed by atoms with Crippen molar-refractivity contribution in [3.8, 4) is 0 Å². The Labute approximate surface area is 186 Å². The number of carbonyl (C=O) groups excluding carboxylic acids is 2. The van der Waals surface area contributed by atoms with Crippen LogP contribution in [0.25, 0.3) is 10.9 Å². The number of hydrogen-bond donors (Lipinski definition) is 4. The summed E-state index contributed by atoms with van der Waals surface area (Å²) in [5.41, 5.74) is 8.47. The first-order chi connectivity index (χ1) is 15.5. The summed E-state index contributed by atoms with van der Waals surface area (Å²) in [6, 6.07) is 11.7. The van der Waals surface area contributed by atoms with Gasteiger partial charge >= 0.3 is 6.09 Å². The van der Waals surface area contributed by atoms with Crippen LogP contribution < -0.4 is 21.3 Å². The Balaban J connectivity index is 1.29. The molecule has 3 aromatic rings. The van der Waals surface area contributed by atoms with Crippen LogP contribution in [0.4, 0.5) is 22.1 Å². The lowest BCUT2D eigenvalue weighted by molar-refractivity contribution is -0.121. The van der Waals surface area contributed by atoms with Gasteiger partial charge in [0.05, 0.1) is 18.7 Å². The molecule has 9 nitrogen and oxygen atoms in total. The maximum atomic E-state index is 12.6. The molecule has 9 heteroatoms. The van der Waals surface area contributed by atoms with Crippen molar-refractivity contribution in [1.29, 1.82) is 0 Å². The molecule has 0 unspecified atom stereocenters. The van der Waals surface area contributed by atoms with Crippen molar-refractivity contribution in [3.05, 3.63) is 48.2 Å². The molecule has 1 fully saturated rings. The van der Waals surface area contributed by atoms with Gasteiger partial charge in [-0.3, -0.25) is 10.1 Å². The number of H-pyrrole nitrogens is 1. The zero-order valence-electron chi connectivity index (χ0n) is 18.1. The molecule has 0 radical (unpaired) electrons. The largest absolute Gasteiger partial charge is 0.450 e. The molecule has 0 aliphatic carbocycles. The van der Waals surface area contributed by atoms with E-state index in [-0.39, 0.29) is 24.4 Å². The molecular formula is C23H28N6O3. The third kappa shape index (κ3) is 4.93. The average molecular weight is 437 g/mol. The van der Waals surface area contributed by atoms with Crippen molar-refractivity contribution in [2.75, 3.05) is 35.6 Å². The highest BCUT2D eigenvalue weighted by molar-refractivity contribution is 5.89. The quantitative estimate of drug-likeness (QED) is 0.471. The summed E-state index contributed by atoms with van der Waals surface area (Å²) >= 11 is 0. The fraction of sp³-hybridized carbons (Fsp3) is 0.348. The number of nitrogens with zero attached hydrogens (tertiary/aromatic N) is 2. The highest BCUT2D eigenvalue weighted by Crippen LogP contribution is 2.24. The van der Waals surface area contributed by atoms with E-state index in [0.717, 1.165) is 48.2 Å². The molecule has 2 amide bonds. The van der Waals surface area contributed by atoms with Crippen LogP contribution in [0.2, 0.25) is 0 Å². The lowest BCUT2D eigenvalue weighted by atomic mass is 10.0. The Bertz CT molecular complexity index is 1100. The molecule has 1 aliphatic heterocycles. The van der Waals surface area contributed by atoms with E-state index in [1.54, 1.807) is 13.0 Å². The molecule has 5 N–H and O–H groups in total. The number of carbonyl (C=O) groups is 2. The van der Waals surface area contributed by atoms with Crippen LogP contribution in [0.5, 0.6) is 0 Å². The number of pyridine rings is 1. The lowest BCUT2D eigenvalue weighted by Gasteiger charge is -2.33. The summed E-state index contributed by atoms with van der Waals surface area (Å²) in [4.78, 5) is 33.9. The molecule has 1 aromatic carbocycles. The first-order valence-corrected chi connectivity index (χ1v) is 10.8. The second-order valence-corrected chi connectivity index (χ2v) is 7.81. The van der Waals surface area contributed by atoms with Crippen LogP contribution in [0.3, 0.4) is 0 Å². The van der Waals surface area contributed by atoms with E-state index >= 15 is 0 Å². The van der Waals surface area contributed by atoms with Crippen LogP contribution in [0, 0.1) is 0 Å². The van der Waals surface area contributed by atoms with Gasteiger partial charge in [0.2, 0.25) is 5.91 Å². The highest BCUT2D eigenvalue weighted by atomic mass is 16.5. The van der Waals surface area contributed by atoms with Gasteiger partial charge in [0, 0.05) is 36.2 Å². The van der Waals surface area contributed by atoms with Crippen LogP contribution in [-0.4, -0.2) is 47.7 Å². The Kier molecular flexibility index (Phi) is 6.44. The Morgan fingerprint density at radius 2 is 2.00 bits per heavy atom. The Morgan fingerprint density at radius 1 is 1.22 bits per heavy atom. The van der Waals surface area contributed by atoms with Gasteiger partial charge in [0.15, 0.2) is 0 Å². The number of para-hydroxylation sites is 1. The molecule has 0 spiro atoms. The standard InChI is InChI=1S/C23H28N6O3/c1-2-32-23(31)27-19-7-8-20(28-22(19)24)29-11-9-16(10-12-29)26-21(30)13-15-14-25-18-6-4-3-5-17(15)18/h3-8,14,16,25H,2,9-13H2,1H3,(H2,24,28)(H,26,30)(H,27,31). The number of benzene rings is 1. The zero-order chi connectivity index (χ0) is 22.5. The number of ether oxygens (including phenoxy) is 1. The molecule has 4 rings (SSSR count). The van der Waals surface area contributed by atoms with Crippen LogP contribution >= 0.6 is 0 Å². The summed E-state index contributed by atoms with van der Waals surface area (Å²) in [7, 11) is 0. The SMILES string of the molecule is CCOC(=O)Nc1ccc(N2CCC(NC(=O)Cc3c[nH]c4ccccc34)CC2)nc1N. The number of fused-ring (bicyclic) bond motifs is 1. The second-order valence-electron chi connectivity index (χ2n) is 7.81. The Hall–Kier alpha value is -3.75. The van der Waals surface area contributed by atoms with Gasteiger partial charge in [-0.15, -0.1) is 0 Å². The number of nitrogens with one attached hydrogen (secondary N) is 3. The van der Waals surface area contributed by atoms with E-state index in [1.165, 1.54) is 0 Å². The monoisotopic (exact) mass is 436 g/mol. The zero-order valence-corrected chi connectivity index (χ0v) is 18.1. The summed E-state index contributed by atoms with van der Waals surface area (Å²) in [5.74, 6) is 1.02. The van der Waals surface area contributed by atoms with Crippen molar-refractivity contribution in [1.82, 2.24) is 15.3 Å².